The monoisotopic (exact) mass is 285 g/mol. The minimum absolute atomic E-state index is 0.0323. The van der Waals surface area contributed by atoms with E-state index in [1.807, 2.05) is 0 Å². The van der Waals surface area contributed by atoms with E-state index in [1.54, 1.807) is 0 Å². The minimum atomic E-state index is -3.17. The molecular weight excluding hydrogens is 274 g/mol. The van der Waals surface area contributed by atoms with Gasteiger partial charge in [-0.2, -0.15) is 0 Å². The second-order valence-corrected chi connectivity index (χ2v) is 4.88. The molecule has 0 radical (unpaired) electrons. The number of aliphatic hydroxyl groups is 1. The van der Waals surface area contributed by atoms with Crippen LogP contribution in [0.4, 0.5) is 17.6 Å². The van der Waals surface area contributed by atoms with Crippen molar-refractivity contribution in [3.05, 3.63) is 53.4 Å². The molecule has 106 valence electrons. The fraction of sp³-hybridized carbons (Fsp3) is 0.286. The maximum Gasteiger partial charge on any atom is 0.278 e. The van der Waals surface area contributed by atoms with Crippen molar-refractivity contribution >= 4 is 0 Å². The molecule has 1 aromatic heterocycles. The van der Waals surface area contributed by atoms with Gasteiger partial charge in [-0.3, -0.25) is 0 Å². The topological polar surface area (TPSA) is 25.2 Å². The highest BCUT2D eigenvalue weighted by Crippen LogP contribution is 2.42. The predicted octanol–water partition coefficient (Wildman–Crippen LogP) is 3.37. The average molecular weight is 285 g/mol. The van der Waals surface area contributed by atoms with Crippen molar-refractivity contribution in [2.75, 3.05) is 0 Å². The quantitative estimate of drug-likeness (QED) is 0.798. The van der Waals surface area contributed by atoms with Gasteiger partial charge in [-0.15, -0.1) is 0 Å². The molecule has 1 aromatic carbocycles. The van der Waals surface area contributed by atoms with Gasteiger partial charge in [0.15, 0.2) is 0 Å². The molecular formula is C14H11F4NO. The van der Waals surface area contributed by atoms with E-state index >= 15 is 0 Å². The van der Waals surface area contributed by atoms with Gasteiger partial charge in [0, 0.05) is 29.9 Å². The van der Waals surface area contributed by atoms with Crippen LogP contribution in [0.25, 0.3) is 5.69 Å². The maximum atomic E-state index is 13.4. The normalized spacial score (nSPS) is 20.8. The summed E-state index contributed by atoms with van der Waals surface area (Å²) >= 11 is 0. The zero-order chi connectivity index (χ0) is 14.5. The first-order valence-electron chi connectivity index (χ1n) is 6.11. The van der Waals surface area contributed by atoms with E-state index in [0.717, 1.165) is 18.2 Å². The molecule has 1 aliphatic rings. The van der Waals surface area contributed by atoms with E-state index in [0.29, 0.717) is 5.69 Å². The molecule has 0 saturated carbocycles. The SMILES string of the molecule is OC1c2ccn(-c3cc(F)cc(F)c3)c2CCC1(F)F. The summed E-state index contributed by atoms with van der Waals surface area (Å²) in [5, 5.41) is 9.65. The zero-order valence-corrected chi connectivity index (χ0v) is 10.3. The average Bonchev–Trinajstić information content (AvgIpc) is 2.77. The van der Waals surface area contributed by atoms with Crippen molar-refractivity contribution in [1.82, 2.24) is 4.57 Å². The Morgan fingerprint density at radius 3 is 2.45 bits per heavy atom. The largest absolute Gasteiger partial charge is 0.382 e. The maximum absolute atomic E-state index is 13.4. The number of benzene rings is 1. The minimum Gasteiger partial charge on any atom is -0.382 e. The molecule has 1 heterocycles. The van der Waals surface area contributed by atoms with E-state index in [-0.39, 0.29) is 17.7 Å². The molecule has 3 rings (SSSR count). The van der Waals surface area contributed by atoms with Crippen molar-refractivity contribution in [3.8, 4) is 5.69 Å². The number of fused-ring (bicyclic) bond motifs is 1. The molecule has 1 atom stereocenters. The first-order valence-corrected chi connectivity index (χ1v) is 6.11. The van der Waals surface area contributed by atoms with Crippen LogP contribution in [-0.2, 0) is 6.42 Å². The molecule has 0 aliphatic heterocycles. The van der Waals surface area contributed by atoms with Gasteiger partial charge < -0.3 is 9.67 Å². The second-order valence-electron chi connectivity index (χ2n) is 4.88. The van der Waals surface area contributed by atoms with Gasteiger partial charge in [-0.1, -0.05) is 0 Å². The molecule has 1 aliphatic carbocycles. The summed E-state index contributed by atoms with van der Waals surface area (Å²) in [7, 11) is 0. The fourth-order valence-electron chi connectivity index (χ4n) is 2.56. The Hall–Kier alpha value is -1.82. The van der Waals surface area contributed by atoms with Gasteiger partial charge in [0.25, 0.3) is 5.92 Å². The van der Waals surface area contributed by atoms with Gasteiger partial charge >= 0.3 is 0 Å². The highest BCUT2D eigenvalue weighted by atomic mass is 19.3. The van der Waals surface area contributed by atoms with Crippen LogP contribution >= 0.6 is 0 Å². The fourth-order valence-corrected chi connectivity index (χ4v) is 2.56. The lowest BCUT2D eigenvalue weighted by Crippen LogP contribution is -2.31. The molecule has 0 fully saturated rings. The number of halogens is 4. The summed E-state index contributed by atoms with van der Waals surface area (Å²) in [5.41, 5.74) is 0.764. The Morgan fingerprint density at radius 1 is 1.15 bits per heavy atom. The van der Waals surface area contributed by atoms with Gasteiger partial charge in [-0.05, 0) is 24.6 Å². The Morgan fingerprint density at radius 2 is 1.80 bits per heavy atom. The summed E-state index contributed by atoms with van der Waals surface area (Å²) in [5.74, 6) is -4.67. The van der Waals surface area contributed by atoms with E-state index in [1.165, 1.54) is 16.8 Å². The Kier molecular flexibility index (Phi) is 2.86. The summed E-state index contributed by atoms with van der Waals surface area (Å²) in [6.07, 6.45) is -0.914. The number of hydrogen-bond donors (Lipinski definition) is 1. The molecule has 20 heavy (non-hydrogen) atoms. The van der Waals surface area contributed by atoms with Crippen LogP contribution < -0.4 is 0 Å². The number of nitrogens with zero attached hydrogens (tertiary/aromatic N) is 1. The molecule has 1 unspecified atom stereocenters. The van der Waals surface area contributed by atoms with Crippen LogP contribution in [0.3, 0.4) is 0 Å². The highest BCUT2D eigenvalue weighted by molar-refractivity contribution is 5.41. The molecule has 0 spiro atoms. The van der Waals surface area contributed by atoms with Crippen molar-refractivity contribution in [2.24, 2.45) is 0 Å². The Balaban J connectivity index is 2.10. The van der Waals surface area contributed by atoms with Crippen molar-refractivity contribution < 1.29 is 22.7 Å². The van der Waals surface area contributed by atoms with Crippen molar-refractivity contribution in [1.29, 1.82) is 0 Å². The molecule has 0 bridgehead atoms. The number of hydrogen-bond acceptors (Lipinski definition) is 1. The number of alkyl halides is 2. The lowest BCUT2D eigenvalue weighted by atomic mass is 9.91. The van der Waals surface area contributed by atoms with E-state index in [2.05, 4.69) is 0 Å². The van der Waals surface area contributed by atoms with Crippen molar-refractivity contribution in [3.63, 3.8) is 0 Å². The number of rotatable bonds is 1. The van der Waals surface area contributed by atoms with E-state index in [4.69, 9.17) is 0 Å². The zero-order valence-electron chi connectivity index (χ0n) is 10.3. The van der Waals surface area contributed by atoms with Crippen LogP contribution in [-0.4, -0.2) is 15.6 Å². The van der Waals surface area contributed by atoms with Crippen LogP contribution in [0.15, 0.2) is 30.5 Å². The molecule has 0 saturated heterocycles. The second kappa shape index (κ2) is 4.34. The van der Waals surface area contributed by atoms with Gasteiger partial charge in [-0.25, -0.2) is 17.6 Å². The predicted molar refractivity (Wildman–Crippen MR) is 63.9 cm³/mol. The highest BCUT2D eigenvalue weighted by Gasteiger charge is 2.44. The van der Waals surface area contributed by atoms with Crippen LogP contribution in [0.1, 0.15) is 23.8 Å². The smallest absolute Gasteiger partial charge is 0.278 e. The molecule has 1 N–H and O–H groups in total. The van der Waals surface area contributed by atoms with Gasteiger partial charge in [0.05, 0.1) is 5.69 Å². The number of aromatic nitrogens is 1. The molecule has 0 amide bonds. The standard InChI is InChI=1S/C14H11F4NO/c15-8-5-9(16)7-10(6-8)19-4-2-11-12(19)1-3-14(17,18)13(11)20/h2,4-7,13,20H,1,3H2. The van der Waals surface area contributed by atoms with Crippen LogP contribution in [0.2, 0.25) is 0 Å². The summed E-state index contributed by atoms with van der Waals surface area (Å²) in [6, 6.07) is 4.32. The lowest BCUT2D eigenvalue weighted by molar-refractivity contribution is -0.121. The van der Waals surface area contributed by atoms with E-state index < -0.39 is 30.1 Å². The third-order valence-electron chi connectivity index (χ3n) is 3.54. The van der Waals surface area contributed by atoms with Gasteiger partial charge in [0.1, 0.15) is 17.7 Å². The van der Waals surface area contributed by atoms with Crippen LogP contribution in [0.5, 0.6) is 0 Å². The van der Waals surface area contributed by atoms with Crippen LogP contribution in [0, 0.1) is 11.6 Å². The third-order valence-corrected chi connectivity index (χ3v) is 3.54. The Bertz CT molecular complexity index is 645. The Labute approximate surface area is 112 Å². The molecule has 2 nitrogen and oxygen atoms in total. The van der Waals surface area contributed by atoms with Gasteiger partial charge in [0.2, 0.25) is 0 Å². The first-order chi connectivity index (χ1) is 9.38. The summed E-state index contributed by atoms with van der Waals surface area (Å²) < 4.78 is 54.8. The van der Waals surface area contributed by atoms with Crippen molar-refractivity contribution in [2.45, 2.75) is 24.9 Å². The molecule has 6 heteroatoms. The number of aliphatic hydroxyl groups excluding tert-OH is 1. The third kappa shape index (κ3) is 2.00. The molecule has 2 aromatic rings. The van der Waals surface area contributed by atoms with E-state index in [9.17, 15) is 22.7 Å². The first kappa shape index (κ1) is 13.2. The summed E-state index contributed by atoms with van der Waals surface area (Å²) in [6.45, 7) is 0. The summed E-state index contributed by atoms with van der Waals surface area (Å²) in [4.78, 5) is 0. The lowest BCUT2D eigenvalue weighted by Gasteiger charge is -2.28.